The summed E-state index contributed by atoms with van der Waals surface area (Å²) in [6.45, 7) is 5.18. The van der Waals surface area contributed by atoms with Crippen molar-refractivity contribution in [3.63, 3.8) is 0 Å². The van der Waals surface area contributed by atoms with Crippen LogP contribution in [-0.4, -0.2) is 37.0 Å². The molecule has 4 nitrogen and oxygen atoms in total. The van der Waals surface area contributed by atoms with Crippen LogP contribution in [0.3, 0.4) is 0 Å². The maximum absolute atomic E-state index is 12.0. The molecule has 0 saturated carbocycles. The molecule has 0 bridgehead atoms. The summed E-state index contributed by atoms with van der Waals surface area (Å²) in [5.41, 5.74) is 0. The van der Waals surface area contributed by atoms with Crippen LogP contribution in [0.25, 0.3) is 0 Å². The first-order chi connectivity index (χ1) is 17.2. The van der Waals surface area contributed by atoms with Crippen molar-refractivity contribution in [2.45, 2.75) is 136 Å². The average Bonchev–Trinajstić information content (AvgIpc) is 2.86. The van der Waals surface area contributed by atoms with Gasteiger partial charge in [0, 0.05) is 13.0 Å². The molecule has 204 valence electrons. The molecule has 0 fully saturated rings. The SMILES string of the molecule is CC/C=C\C/C=C\C/C=C\CCCCCC(=O)OC(CO)COCCCCCCCCCCCC. The van der Waals surface area contributed by atoms with E-state index in [2.05, 4.69) is 50.3 Å². The van der Waals surface area contributed by atoms with Gasteiger partial charge >= 0.3 is 5.97 Å². The van der Waals surface area contributed by atoms with Crippen LogP contribution in [-0.2, 0) is 14.3 Å². The number of hydrogen-bond acceptors (Lipinski definition) is 4. The van der Waals surface area contributed by atoms with Gasteiger partial charge in [0.05, 0.1) is 13.2 Å². The molecule has 0 amide bonds. The largest absolute Gasteiger partial charge is 0.457 e. The molecule has 0 rings (SSSR count). The predicted octanol–water partition coefficient (Wildman–Crippen LogP) is 8.64. The summed E-state index contributed by atoms with van der Waals surface area (Å²) in [6, 6.07) is 0. The number of carbonyl (C=O) groups is 1. The zero-order valence-corrected chi connectivity index (χ0v) is 23.1. The maximum Gasteiger partial charge on any atom is 0.306 e. The monoisotopic (exact) mass is 492 g/mol. The molecule has 0 aliphatic rings. The minimum atomic E-state index is -0.543. The van der Waals surface area contributed by atoms with E-state index in [0.29, 0.717) is 13.0 Å². The second kappa shape index (κ2) is 28.8. The molecular formula is C31H56O4. The van der Waals surface area contributed by atoms with Crippen LogP contribution in [0.2, 0.25) is 0 Å². The number of aliphatic hydroxyl groups excluding tert-OH is 1. The zero-order chi connectivity index (χ0) is 25.7. The lowest BCUT2D eigenvalue weighted by atomic mass is 10.1. The van der Waals surface area contributed by atoms with E-state index in [0.717, 1.165) is 51.4 Å². The standard InChI is InChI=1S/C31H56O4/c1-3-5-7-9-11-13-15-16-17-18-20-22-24-26-31(33)35-30(28-32)29-34-27-25-23-21-19-14-12-10-8-6-4-2/h5,7,11,13,16-17,30,32H,3-4,6,8-10,12,14-15,18-29H2,1-2H3/b7-5-,13-11-,17-16-. The number of ether oxygens (including phenoxy) is 2. The van der Waals surface area contributed by atoms with Gasteiger partial charge in [-0.15, -0.1) is 0 Å². The van der Waals surface area contributed by atoms with Gasteiger partial charge in [-0.2, -0.15) is 0 Å². The van der Waals surface area contributed by atoms with Gasteiger partial charge in [0.15, 0.2) is 0 Å². The summed E-state index contributed by atoms with van der Waals surface area (Å²) in [5.74, 6) is -0.232. The van der Waals surface area contributed by atoms with Crippen molar-refractivity contribution >= 4 is 5.97 Å². The predicted molar refractivity (Wildman–Crippen MR) is 150 cm³/mol. The Morgan fingerprint density at radius 1 is 0.714 bits per heavy atom. The molecule has 0 aliphatic heterocycles. The lowest BCUT2D eigenvalue weighted by Gasteiger charge is -2.15. The second-order valence-corrected chi connectivity index (χ2v) is 9.44. The van der Waals surface area contributed by atoms with Gasteiger partial charge in [0.1, 0.15) is 6.10 Å². The van der Waals surface area contributed by atoms with Gasteiger partial charge in [-0.25, -0.2) is 0 Å². The third kappa shape index (κ3) is 27.0. The van der Waals surface area contributed by atoms with E-state index in [1.54, 1.807) is 0 Å². The molecule has 0 radical (unpaired) electrons. The third-order valence-electron chi connectivity index (χ3n) is 5.98. The summed E-state index contributed by atoms with van der Waals surface area (Å²) in [6.07, 6.45) is 33.1. The number of unbranched alkanes of at least 4 members (excludes halogenated alkanes) is 12. The van der Waals surface area contributed by atoms with Gasteiger partial charge in [-0.05, 0) is 44.9 Å². The molecule has 0 heterocycles. The molecule has 1 atom stereocenters. The first-order valence-electron chi connectivity index (χ1n) is 14.6. The minimum absolute atomic E-state index is 0.183. The highest BCUT2D eigenvalue weighted by atomic mass is 16.6. The van der Waals surface area contributed by atoms with Gasteiger partial charge in [0.2, 0.25) is 0 Å². The van der Waals surface area contributed by atoms with Crippen LogP contribution in [0.1, 0.15) is 129 Å². The number of aliphatic hydroxyl groups is 1. The molecule has 35 heavy (non-hydrogen) atoms. The highest BCUT2D eigenvalue weighted by Crippen LogP contribution is 2.11. The van der Waals surface area contributed by atoms with Crippen molar-refractivity contribution in [1.82, 2.24) is 0 Å². The van der Waals surface area contributed by atoms with E-state index in [4.69, 9.17) is 9.47 Å². The zero-order valence-electron chi connectivity index (χ0n) is 23.1. The Balaban J connectivity index is 3.54. The fraction of sp³-hybridized carbons (Fsp3) is 0.774. The minimum Gasteiger partial charge on any atom is -0.457 e. The number of carbonyl (C=O) groups excluding carboxylic acids is 1. The molecule has 0 aliphatic carbocycles. The Morgan fingerprint density at radius 2 is 1.29 bits per heavy atom. The van der Waals surface area contributed by atoms with Crippen molar-refractivity contribution in [2.24, 2.45) is 0 Å². The Hall–Kier alpha value is -1.39. The van der Waals surface area contributed by atoms with Crippen molar-refractivity contribution in [1.29, 1.82) is 0 Å². The second-order valence-electron chi connectivity index (χ2n) is 9.44. The van der Waals surface area contributed by atoms with Crippen LogP contribution < -0.4 is 0 Å². The van der Waals surface area contributed by atoms with Gasteiger partial charge in [0.25, 0.3) is 0 Å². The Labute approximate surface area is 217 Å². The molecule has 4 heteroatoms. The van der Waals surface area contributed by atoms with E-state index in [-0.39, 0.29) is 19.2 Å². The molecule has 0 saturated heterocycles. The average molecular weight is 493 g/mol. The number of allylic oxidation sites excluding steroid dienone is 6. The molecule has 1 N–H and O–H groups in total. The molecular weight excluding hydrogens is 436 g/mol. The molecule has 0 aromatic carbocycles. The van der Waals surface area contributed by atoms with E-state index in [1.165, 1.54) is 57.8 Å². The molecule has 0 spiro atoms. The fourth-order valence-electron chi connectivity index (χ4n) is 3.81. The van der Waals surface area contributed by atoms with Crippen LogP contribution in [0.5, 0.6) is 0 Å². The Kier molecular flexibility index (Phi) is 27.7. The highest BCUT2D eigenvalue weighted by molar-refractivity contribution is 5.69. The topological polar surface area (TPSA) is 55.8 Å². The van der Waals surface area contributed by atoms with E-state index < -0.39 is 6.10 Å². The van der Waals surface area contributed by atoms with Gasteiger partial charge < -0.3 is 14.6 Å². The number of esters is 1. The van der Waals surface area contributed by atoms with Gasteiger partial charge in [-0.1, -0.05) is 115 Å². The first-order valence-corrected chi connectivity index (χ1v) is 14.6. The number of hydrogen-bond donors (Lipinski definition) is 1. The molecule has 1 unspecified atom stereocenters. The lowest BCUT2D eigenvalue weighted by molar-refractivity contribution is -0.154. The van der Waals surface area contributed by atoms with Gasteiger partial charge in [-0.3, -0.25) is 4.79 Å². The summed E-state index contributed by atoms with van der Waals surface area (Å²) >= 11 is 0. The van der Waals surface area contributed by atoms with Crippen molar-refractivity contribution < 1.29 is 19.4 Å². The van der Waals surface area contributed by atoms with Crippen molar-refractivity contribution in [2.75, 3.05) is 19.8 Å². The Bertz CT molecular complexity index is 524. The normalized spacial score (nSPS) is 12.9. The summed E-state index contributed by atoms with van der Waals surface area (Å²) in [5, 5.41) is 9.46. The number of rotatable bonds is 26. The smallest absolute Gasteiger partial charge is 0.306 e. The van der Waals surface area contributed by atoms with Crippen LogP contribution in [0.4, 0.5) is 0 Å². The van der Waals surface area contributed by atoms with Crippen molar-refractivity contribution in [3.05, 3.63) is 36.5 Å². The first kappa shape index (κ1) is 33.6. The lowest BCUT2D eigenvalue weighted by Crippen LogP contribution is -2.27. The van der Waals surface area contributed by atoms with Crippen LogP contribution in [0, 0.1) is 0 Å². The summed E-state index contributed by atoms with van der Waals surface area (Å²) in [4.78, 5) is 12.0. The molecule has 0 aromatic heterocycles. The molecule has 0 aromatic rings. The van der Waals surface area contributed by atoms with E-state index in [1.807, 2.05) is 0 Å². The summed E-state index contributed by atoms with van der Waals surface area (Å²) < 4.78 is 11.0. The Morgan fingerprint density at radius 3 is 1.91 bits per heavy atom. The van der Waals surface area contributed by atoms with E-state index >= 15 is 0 Å². The quantitative estimate of drug-likeness (QED) is 0.0745. The maximum atomic E-state index is 12.0. The third-order valence-corrected chi connectivity index (χ3v) is 5.98. The van der Waals surface area contributed by atoms with E-state index in [9.17, 15) is 9.90 Å². The van der Waals surface area contributed by atoms with Crippen LogP contribution in [0.15, 0.2) is 36.5 Å². The van der Waals surface area contributed by atoms with Crippen LogP contribution >= 0.6 is 0 Å². The fourth-order valence-corrected chi connectivity index (χ4v) is 3.81. The van der Waals surface area contributed by atoms with Crippen molar-refractivity contribution in [3.8, 4) is 0 Å². The summed E-state index contributed by atoms with van der Waals surface area (Å²) in [7, 11) is 0. The highest BCUT2D eigenvalue weighted by Gasteiger charge is 2.13.